The summed E-state index contributed by atoms with van der Waals surface area (Å²) in [5.41, 5.74) is 0. The molecule has 0 aliphatic heterocycles. The van der Waals surface area contributed by atoms with E-state index in [1.54, 1.807) is 0 Å². The van der Waals surface area contributed by atoms with E-state index < -0.39 is 0 Å². The van der Waals surface area contributed by atoms with E-state index in [-0.39, 0.29) is 0 Å². The third-order valence-electron chi connectivity index (χ3n) is 2.58. The zero-order valence-electron chi connectivity index (χ0n) is 8.92. The second-order valence-electron chi connectivity index (χ2n) is 3.72. The molecule has 1 rings (SSSR count). The van der Waals surface area contributed by atoms with Crippen LogP contribution < -0.4 is 0 Å². The van der Waals surface area contributed by atoms with E-state index in [2.05, 4.69) is 13.8 Å². The largest absolute Gasteiger partial charge is 0.379 e. The maximum absolute atomic E-state index is 5.70. The van der Waals surface area contributed by atoms with Crippen molar-refractivity contribution >= 4 is 0 Å². The Morgan fingerprint density at radius 3 is 1.92 bits per heavy atom. The minimum absolute atomic E-state index is 0.506. The van der Waals surface area contributed by atoms with Gasteiger partial charge < -0.3 is 9.47 Å². The Bertz CT molecular complexity index is 117. The maximum Gasteiger partial charge on any atom is 0.0577 e. The maximum atomic E-state index is 5.70. The summed E-state index contributed by atoms with van der Waals surface area (Å²) >= 11 is 0. The standard InChI is InChI=1S/C11H22O2/c1-3-9-13-11-7-5-10(6-8-11)12-4-2/h10-11H,3-9H2,1-2H3. The lowest BCUT2D eigenvalue weighted by atomic mass is 9.95. The zero-order valence-corrected chi connectivity index (χ0v) is 8.92. The molecule has 0 saturated heterocycles. The van der Waals surface area contributed by atoms with E-state index in [9.17, 15) is 0 Å². The van der Waals surface area contributed by atoms with Crippen LogP contribution in [0.3, 0.4) is 0 Å². The highest BCUT2D eigenvalue weighted by molar-refractivity contribution is 4.72. The predicted molar refractivity (Wildman–Crippen MR) is 53.9 cm³/mol. The third-order valence-corrected chi connectivity index (χ3v) is 2.58. The molecule has 0 spiro atoms. The lowest BCUT2D eigenvalue weighted by molar-refractivity contribution is -0.0277. The van der Waals surface area contributed by atoms with Gasteiger partial charge in [0.25, 0.3) is 0 Å². The van der Waals surface area contributed by atoms with Gasteiger partial charge in [0.05, 0.1) is 12.2 Å². The van der Waals surface area contributed by atoms with Crippen molar-refractivity contribution < 1.29 is 9.47 Å². The topological polar surface area (TPSA) is 18.5 Å². The van der Waals surface area contributed by atoms with Gasteiger partial charge in [-0.3, -0.25) is 0 Å². The van der Waals surface area contributed by atoms with E-state index in [1.807, 2.05) is 0 Å². The van der Waals surface area contributed by atoms with Crippen molar-refractivity contribution in [2.45, 2.75) is 58.2 Å². The van der Waals surface area contributed by atoms with Crippen LogP contribution in [0.4, 0.5) is 0 Å². The molecule has 0 atom stereocenters. The van der Waals surface area contributed by atoms with Crippen molar-refractivity contribution in [2.75, 3.05) is 13.2 Å². The van der Waals surface area contributed by atoms with Gasteiger partial charge in [0.1, 0.15) is 0 Å². The zero-order chi connectivity index (χ0) is 9.52. The fourth-order valence-corrected chi connectivity index (χ4v) is 1.89. The molecule has 1 aliphatic rings. The third kappa shape index (κ3) is 4.10. The summed E-state index contributed by atoms with van der Waals surface area (Å²) in [6, 6.07) is 0. The highest BCUT2D eigenvalue weighted by Gasteiger charge is 2.21. The van der Waals surface area contributed by atoms with Crippen molar-refractivity contribution in [3.05, 3.63) is 0 Å². The molecule has 0 aromatic rings. The van der Waals surface area contributed by atoms with E-state index in [0.717, 1.165) is 19.6 Å². The van der Waals surface area contributed by atoms with E-state index in [4.69, 9.17) is 9.47 Å². The van der Waals surface area contributed by atoms with E-state index in [1.165, 1.54) is 25.7 Å². The summed E-state index contributed by atoms with van der Waals surface area (Å²) in [7, 11) is 0. The van der Waals surface area contributed by atoms with Gasteiger partial charge in [0.2, 0.25) is 0 Å². The summed E-state index contributed by atoms with van der Waals surface area (Å²) in [4.78, 5) is 0. The fourth-order valence-electron chi connectivity index (χ4n) is 1.89. The molecule has 0 amide bonds. The van der Waals surface area contributed by atoms with Gasteiger partial charge in [0, 0.05) is 13.2 Å². The summed E-state index contributed by atoms with van der Waals surface area (Å²) in [5.74, 6) is 0. The highest BCUT2D eigenvalue weighted by Crippen LogP contribution is 2.23. The first-order valence-electron chi connectivity index (χ1n) is 5.60. The van der Waals surface area contributed by atoms with Crippen molar-refractivity contribution in [1.82, 2.24) is 0 Å². The van der Waals surface area contributed by atoms with Gasteiger partial charge in [-0.15, -0.1) is 0 Å². The van der Waals surface area contributed by atoms with Gasteiger partial charge in [-0.05, 0) is 39.0 Å². The normalized spacial score (nSPS) is 29.1. The first-order chi connectivity index (χ1) is 6.36. The second kappa shape index (κ2) is 6.39. The molecule has 0 unspecified atom stereocenters. The average molecular weight is 186 g/mol. The van der Waals surface area contributed by atoms with Crippen LogP contribution in [0.2, 0.25) is 0 Å². The Kier molecular flexibility index (Phi) is 5.40. The smallest absolute Gasteiger partial charge is 0.0577 e. The quantitative estimate of drug-likeness (QED) is 0.657. The molecule has 2 nitrogen and oxygen atoms in total. The molecule has 78 valence electrons. The van der Waals surface area contributed by atoms with Gasteiger partial charge in [0.15, 0.2) is 0 Å². The SMILES string of the molecule is CCCOC1CCC(OCC)CC1. The van der Waals surface area contributed by atoms with Crippen molar-refractivity contribution in [1.29, 1.82) is 0 Å². The molecule has 0 radical (unpaired) electrons. The molecule has 0 aromatic heterocycles. The van der Waals surface area contributed by atoms with Gasteiger partial charge in [-0.25, -0.2) is 0 Å². The molecule has 13 heavy (non-hydrogen) atoms. The molecule has 1 aliphatic carbocycles. The summed E-state index contributed by atoms with van der Waals surface area (Å²) in [6.07, 6.45) is 6.88. The van der Waals surface area contributed by atoms with Crippen molar-refractivity contribution in [3.8, 4) is 0 Å². The lowest BCUT2D eigenvalue weighted by Gasteiger charge is -2.28. The molecular formula is C11H22O2. The monoisotopic (exact) mass is 186 g/mol. The second-order valence-corrected chi connectivity index (χ2v) is 3.72. The van der Waals surface area contributed by atoms with Crippen LogP contribution in [0, 0.1) is 0 Å². The molecule has 0 N–H and O–H groups in total. The van der Waals surface area contributed by atoms with Gasteiger partial charge in [-0.2, -0.15) is 0 Å². The fraction of sp³-hybridized carbons (Fsp3) is 1.00. The van der Waals surface area contributed by atoms with Crippen molar-refractivity contribution in [3.63, 3.8) is 0 Å². The Morgan fingerprint density at radius 2 is 1.46 bits per heavy atom. The molecule has 2 heteroatoms. The first-order valence-corrected chi connectivity index (χ1v) is 5.60. The summed E-state index contributed by atoms with van der Waals surface area (Å²) in [5, 5.41) is 0. The Hall–Kier alpha value is -0.0800. The molecule has 1 saturated carbocycles. The number of rotatable bonds is 5. The molecule has 0 heterocycles. The summed E-state index contributed by atoms with van der Waals surface area (Å²) in [6.45, 7) is 6.00. The lowest BCUT2D eigenvalue weighted by Crippen LogP contribution is -2.26. The minimum atomic E-state index is 0.506. The minimum Gasteiger partial charge on any atom is -0.379 e. The van der Waals surface area contributed by atoms with Crippen molar-refractivity contribution in [2.24, 2.45) is 0 Å². The molecular weight excluding hydrogens is 164 g/mol. The highest BCUT2D eigenvalue weighted by atomic mass is 16.5. The molecule has 0 bridgehead atoms. The number of ether oxygens (including phenoxy) is 2. The number of hydrogen-bond donors (Lipinski definition) is 0. The van der Waals surface area contributed by atoms with Crippen LogP contribution in [-0.4, -0.2) is 25.4 Å². The van der Waals surface area contributed by atoms with Crippen LogP contribution in [0.1, 0.15) is 46.0 Å². The average Bonchev–Trinajstić information content (AvgIpc) is 2.17. The van der Waals surface area contributed by atoms with Gasteiger partial charge >= 0.3 is 0 Å². The Labute approximate surface area is 81.6 Å². The predicted octanol–water partition coefficient (Wildman–Crippen LogP) is 2.76. The van der Waals surface area contributed by atoms with E-state index in [0.29, 0.717) is 12.2 Å². The number of hydrogen-bond acceptors (Lipinski definition) is 2. The molecule has 0 aromatic carbocycles. The Morgan fingerprint density at radius 1 is 0.923 bits per heavy atom. The summed E-state index contributed by atoms with van der Waals surface area (Å²) < 4.78 is 11.3. The van der Waals surface area contributed by atoms with Crippen LogP contribution in [0.15, 0.2) is 0 Å². The first kappa shape index (κ1) is 11.0. The van der Waals surface area contributed by atoms with Crippen LogP contribution >= 0.6 is 0 Å². The Balaban J connectivity index is 2.08. The van der Waals surface area contributed by atoms with Crippen LogP contribution in [-0.2, 0) is 9.47 Å². The molecule has 1 fully saturated rings. The van der Waals surface area contributed by atoms with Crippen LogP contribution in [0.25, 0.3) is 0 Å². The van der Waals surface area contributed by atoms with Crippen LogP contribution in [0.5, 0.6) is 0 Å². The van der Waals surface area contributed by atoms with E-state index >= 15 is 0 Å². The van der Waals surface area contributed by atoms with Gasteiger partial charge in [-0.1, -0.05) is 6.92 Å².